The zero-order valence-corrected chi connectivity index (χ0v) is 20.9. The Bertz CT molecular complexity index is 1580. The highest BCUT2D eigenvalue weighted by Gasteiger charge is 2.29. The number of benzene rings is 2. The molecule has 3 heterocycles. The number of halogens is 2. The van der Waals surface area contributed by atoms with E-state index >= 15 is 0 Å². The molecule has 5 rings (SSSR count). The summed E-state index contributed by atoms with van der Waals surface area (Å²) in [5.41, 5.74) is 2.65. The van der Waals surface area contributed by atoms with Crippen molar-refractivity contribution in [2.75, 3.05) is 19.0 Å². The minimum atomic E-state index is -0.298. The third-order valence-corrected chi connectivity index (χ3v) is 6.83. The quantitative estimate of drug-likeness (QED) is 0.434. The maximum Gasteiger partial charge on any atom is 0.261 e. The van der Waals surface area contributed by atoms with E-state index < -0.39 is 0 Å². The van der Waals surface area contributed by atoms with Gasteiger partial charge in [0.05, 0.1) is 41.3 Å². The zero-order chi connectivity index (χ0) is 25.6. The number of fused-ring (bicyclic) bond motifs is 3. The Morgan fingerprint density at radius 2 is 1.83 bits per heavy atom. The van der Waals surface area contributed by atoms with E-state index in [0.717, 1.165) is 0 Å². The number of aromatic nitrogens is 3. The molecule has 2 aromatic heterocycles. The first-order valence-corrected chi connectivity index (χ1v) is 11.8. The Morgan fingerprint density at radius 3 is 2.50 bits per heavy atom. The lowest BCUT2D eigenvalue weighted by Gasteiger charge is -2.29. The number of anilines is 1. The molecule has 4 aromatic rings. The predicted molar refractivity (Wildman–Crippen MR) is 137 cm³/mol. The molecule has 9 nitrogen and oxygen atoms in total. The molecule has 1 aliphatic heterocycles. The number of nitrogens with one attached hydrogen (secondary N) is 1. The van der Waals surface area contributed by atoms with Gasteiger partial charge < -0.3 is 15.0 Å². The maximum atomic E-state index is 13.8. The van der Waals surface area contributed by atoms with Crippen LogP contribution in [0.15, 0.2) is 53.5 Å². The van der Waals surface area contributed by atoms with Crippen LogP contribution in [0.2, 0.25) is 10.0 Å². The van der Waals surface area contributed by atoms with Gasteiger partial charge in [-0.1, -0.05) is 23.2 Å². The van der Waals surface area contributed by atoms with Crippen LogP contribution in [0.1, 0.15) is 28.5 Å². The lowest BCUT2D eigenvalue weighted by Crippen LogP contribution is -2.41. The van der Waals surface area contributed by atoms with Crippen molar-refractivity contribution in [1.82, 2.24) is 19.1 Å². The molecule has 0 radical (unpaired) electrons. The summed E-state index contributed by atoms with van der Waals surface area (Å²) in [6.45, 7) is 1.88. The summed E-state index contributed by atoms with van der Waals surface area (Å²) < 4.78 is 8.38. The Morgan fingerprint density at radius 1 is 1.08 bits per heavy atom. The van der Waals surface area contributed by atoms with E-state index in [4.69, 9.17) is 27.9 Å². The first-order valence-electron chi connectivity index (χ1n) is 11.1. The second-order valence-electron chi connectivity index (χ2n) is 8.34. The molecule has 0 saturated heterocycles. The molecule has 2 amide bonds. The SMILES string of the molecule is COc1ccc(-n2c(=O)c3c(n4ncc(NC(C)=O)c24)CN(C(=O)c2ccc(Cl)c(Cl)c2)CC3)cc1. The van der Waals surface area contributed by atoms with Gasteiger partial charge in [0, 0.05) is 24.6 Å². The Hall–Kier alpha value is -3.82. The van der Waals surface area contributed by atoms with E-state index in [-0.39, 0.29) is 28.9 Å². The number of nitrogens with zero attached hydrogens (tertiary/aromatic N) is 4. The van der Waals surface area contributed by atoms with Crippen LogP contribution in [-0.2, 0) is 17.8 Å². The molecule has 1 N–H and O–H groups in total. The standard InChI is InChI=1S/C25H21Cl2N5O4/c1-14(33)29-21-12-28-32-22-13-30(24(34)15-3-8-19(26)20(27)11-15)10-9-18(22)25(35)31(23(21)32)16-4-6-17(36-2)7-5-16/h3-8,11-12H,9-10,13H2,1-2H3,(H,29,33). The van der Waals surface area contributed by atoms with Crippen molar-refractivity contribution in [3.8, 4) is 11.4 Å². The van der Waals surface area contributed by atoms with Crippen LogP contribution in [0, 0.1) is 0 Å². The van der Waals surface area contributed by atoms with Crippen molar-refractivity contribution in [2.24, 2.45) is 0 Å². The van der Waals surface area contributed by atoms with Crippen molar-refractivity contribution in [1.29, 1.82) is 0 Å². The molecule has 36 heavy (non-hydrogen) atoms. The summed E-state index contributed by atoms with van der Waals surface area (Å²) in [7, 11) is 1.56. The number of hydrogen-bond donors (Lipinski definition) is 1. The Labute approximate surface area is 215 Å². The number of methoxy groups -OCH3 is 1. The van der Waals surface area contributed by atoms with Gasteiger partial charge in [-0.05, 0) is 48.9 Å². The predicted octanol–water partition coefficient (Wildman–Crippen LogP) is 3.96. The van der Waals surface area contributed by atoms with Crippen molar-refractivity contribution in [2.45, 2.75) is 19.9 Å². The molecule has 0 saturated carbocycles. The lowest BCUT2D eigenvalue weighted by atomic mass is 10.0. The van der Waals surface area contributed by atoms with Gasteiger partial charge in [-0.2, -0.15) is 5.10 Å². The normalized spacial score (nSPS) is 12.9. The second-order valence-corrected chi connectivity index (χ2v) is 9.16. The summed E-state index contributed by atoms with van der Waals surface area (Å²) in [5, 5.41) is 7.88. The van der Waals surface area contributed by atoms with Crippen LogP contribution in [0.25, 0.3) is 11.3 Å². The van der Waals surface area contributed by atoms with Gasteiger partial charge in [-0.25, -0.2) is 4.52 Å². The number of hydrogen-bond acceptors (Lipinski definition) is 5. The number of carbonyl (C=O) groups is 2. The average molecular weight is 526 g/mol. The van der Waals surface area contributed by atoms with Crippen LogP contribution < -0.4 is 15.6 Å². The number of ether oxygens (including phenoxy) is 1. The van der Waals surface area contributed by atoms with E-state index in [1.807, 2.05) is 0 Å². The molecule has 0 bridgehead atoms. The van der Waals surface area contributed by atoms with Crippen LogP contribution in [0.5, 0.6) is 5.75 Å². The highest BCUT2D eigenvalue weighted by molar-refractivity contribution is 6.42. The first-order chi connectivity index (χ1) is 17.3. The van der Waals surface area contributed by atoms with Gasteiger partial charge in [-0.15, -0.1) is 0 Å². The topological polar surface area (TPSA) is 97.9 Å². The summed E-state index contributed by atoms with van der Waals surface area (Å²) in [6.07, 6.45) is 1.83. The van der Waals surface area contributed by atoms with Gasteiger partial charge in [-0.3, -0.25) is 19.0 Å². The summed E-state index contributed by atoms with van der Waals surface area (Å²) >= 11 is 12.1. The second kappa shape index (κ2) is 9.33. The zero-order valence-electron chi connectivity index (χ0n) is 19.4. The van der Waals surface area contributed by atoms with Crippen molar-refractivity contribution in [3.05, 3.63) is 85.9 Å². The smallest absolute Gasteiger partial charge is 0.261 e. The van der Waals surface area contributed by atoms with Crippen LogP contribution in [0.4, 0.5) is 5.69 Å². The van der Waals surface area contributed by atoms with Gasteiger partial charge in [0.2, 0.25) is 5.91 Å². The fourth-order valence-corrected chi connectivity index (χ4v) is 4.69. The fraction of sp³-hybridized carbons (Fsp3) is 0.200. The molecular formula is C25H21Cl2N5O4. The van der Waals surface area contributed by atoms with Crippen molar-refractivity contribution < 1.29 is 14.3 Å². The maximum absolute atomic E-state index is 13.8. The largest absolute Gasteiger partial charge is 0.497 e. The number of carbonyl (C=O) groups excluding carboxylic acids is 2. The molecular weight excluding hydrogens is 505 g/mol. The average Bonchev–Trinajstić information content (AvgIpc) is 3.28. The van der Waals surface area contributed by atoms with E-state index in [2.05, 4.69) is 10.4 Å². The first kappa shape index (κ1) is 23.9. The van der Waals surface area contributed by atoms with E-state index in [9.17, 15) is 14.4 Å². The molecule has 2 aromatic carbocycles. The van der Waals surface area contributed by atoms with Gasteiger partial charge >= 0.3 is 0 Å². The van der Waals surface area contributed by atoms with Crippen molar-refractivity contribution >= 4 is 46.4 Å². The molecule has 0 atom stereocenters. The highest BCUT2D eigenvalue weighted by Crippen LogP contribution is 2.28. The minimum Gasteiger partial charge on any atom is -0.497 e. The van der Waals surface area contributed by atoms with Gasteiger partial charge in [0.15, 0.2) is 5.65 Å². The highest BCUT2D eigenvalue weighted by atomic mass is 35.5. The summed E-state index contributed by atoms with van der Waals surface area (Å²) in [6, 6.07) is 11.8. The lowest BCUT2D eigenvalue weighted by molar-refractivity contribution is -0.114. The molecule has 0 fully saturated rings. The van der Waals surface area contributed by atoms with Crippen LogP contribution >= 0.6 is 23.2 Å². The third-order valence-electron chi connectivity index (χ3n) is 6.09. The van der Waals surface area contributed by atoms with E-state index in [0.29, 0.717) is 57.6 Å². The fourth-order valence-electron chi connectivity index (χ4n) is 4.39. The molecule has 0 unspecified atom stereocenters. The molecule has 184 valence electrons. The molecule has 0 spiro atoms. The summed E-state index contributed by atoms with van der Waals surface area (Å²) in [5.74, 6) is 0.113. The third kappa shape index (κ3) is 4.10. The molecule has 1 aliphatic rings. The van der Waals surface area contributed by atoms with E-state index in [1.165, 1.54) is 23.8 Å². The molecule has 11 heteroatoms. The Balaban J connectivity index is 1.65. The van der Waals surface area contributed by atoms with Gasteiger partial charge in [0.1, 0.15) is 11.4 Å². The minimum absolute atomic E-state index is 0.158. The summed E-state index contributed by atoms with van der Waals surface area (Å²) in [4.78, 5) is 40.5. The number of amides is 2. The van der Waals surface area contributed by atoms with Crippen LogP contribution in [-0.4, -0.2) is 44.6 Å². The van der Waals surface area contributed by atoms with Crippen molar-refractivity contribution in [3.63, 3.8) is 0 Å². The monoisotopic (exact) mass is 525 g/mol. The Kier molecular flexibility index (Phi) is 6.19. The number of rotatable bonds is 4. The van der Waals surface area contributed by atoms with E-state index in [1.54, 1.807) is 52.9 Å². The molecule has 0 aliphatic carbocycles. The van der Waals surface area contributed by atoms with Gasteiger partial charge in [0.25, 0.3) is 11.5 Å². The van der Waals surface area contributed by atoms with Crippen LogP contribution in [0.3, 0.4) is 0 Å².